The number of nitrogens with zero attached hydrogens (tertiary/aromatic N) is 4. The Balaban J connectivity index is 1.71. The summed E-state index contributed by atoms with van der Waals surface area (Å²) >= 11 is 0. The number of benzene rings is 1. The fourth-order valence-electron chi connectivity index (χ4n) is 2.72. The van der Waals surface area contributed by atoms with Crippen LogP contribution in [-0.2, 0) is 6.42 Å². The first-order valence-electron chi connectivity index (χ1n) is 8.96. The van der Waals surface area contributed by atoms with Crippen LogP contribution < -0.4 is 15.0 Å². The Morgan fingerprint density at radius 3 is 2.68 bits per heavy atom. The molecule has 28 heavy (non-hydrogen) atoms. The first kappa shape index (κ1) is 19.3. The monoisotopic (exact) mass is 377 g/mol. The number of carbonyl (C=O) groups excluding carboxylic acids is 1. The molecule has 0 saturated carbocycles. The normalized spacial score (nSPS) is 10.4. The fourth-order valence-corrected chi connectivity index (χ4v) is 2.72. The maximum atomic E-state index is 12.7. The molecule has 1 amide bonds. The van der Waals surface area contributed by atoms with Crippen LogP contribution in [0, 0.1) is 6.92 Å². The highest BCUT2D eigenvalue weighted by atomic mass is 16.5. The second-order valence-electron chi connectivity index (χ2n) is 6.37. The smallest absolute Gasteiger partial charge is 0.274 e. The Bertz CT molecular complexity index is 947. The first-order chi connectivity index (χ1) is 13.5. The molecule has 2 heterocycles. The van der Waals surface area contributed by atoms with E-state index in [0.717, 1.165) is 13.0 Å². The zero-order valence-corrected chi connectivity index (χ0v) is 16.2. The van der Waals surface area contributed by atoms with Gasteiger partial charge in [-0.2, -0.15) is 0 Å². The quantitative estimate of drug-likeness (QED) is 0.681. The van der Waals surface area contributed by atoms with Gasteiger partial charge in [-0.15, -0.1) is 0 Å². The van der Waals surface area contributed by atoms with Gasteiger partial charge in [-0.05, 0) is 43.2 Å². The summed E-state index contributed by atoms with van der Waals surface area (Å²) < 4.78 is 5.19. The number of carbonyl (C=O) groups is 1. The van der Waals surface area contributed by atoms with Crippen LogP contribution in [0.4, 0.5) is 11.5 Å². The summed E-state index contributed by atoms with van der Waals surface area (Å²) in [6.07, 6.45) is 4.42. The van der Waals surface area contributed by atoms with Gasteiger partial charge < -0.3 is 15.0 Å². The lowest BCUT2D eigenvalue weighted by molar-refractivity contribution is 0.102. The van der Waals surface area contributed by atoms with E-state index in [1.54, 1.807) is 44.6 Å². The van der Waals surface area contributed by atoms with Crippen molar-refractivity contribution >= 4 is 17.4 Å². The van der Waals surface area contributed by atoms with Crippen molar-refractivity contribution in [3.05, 3.63) is 71.9 Å². The van der Waals surface area contributed by atoms with Crippen molar-refractivity contribution in [2.45, 2.75) is 13.3 Å². The number of rotatable bonds is 7. The van der Waals surface area contributed by atoms with Crippen molar-refractivity contribution in [1.82, 2.24) is 15.0 Å². The first-order valence-corrected chi connectivity index (χ1v) is 8.96. The molecule has 0 aliphatic rings. The molecule has 0 spiro atoms. The molecule has 0 fully saturated rings. The second-order valence-corrected chi connectivity index (χ2v) is 6.37. The van der Waals surface area contributed by atoms with Gasteiger partial charge in [0.25, 0.3) is 5.91 Å². The number of aromatic nitrogens is 3. The number of hydrogen-bond donors (Lipinski definition) is 1. The lowest BCUT2D eigenvalue weighted by Gasteiger charge is -2.19. The Morgan fingerprint density at radius 2 is 1.93 bits per heavy atom. The van der Waals surface area contributed by atoms with E-state index in [0.29, 0.717) is 28.8 Å². The number of nitrogens with one attached hydrogen (secondary N) is 1. The molecule has 0 aliphatic carbocycles. The molecule has 2 aromatic heterocycles. The van der Waals surface area contributed by atoms with E-state index in [9.17, 15) is 4.79 Å². The predicted molar refractivity (Wildman–Crippen MR) is 109 cm³/mol. The third-order valence-electron chi connectivity index (χ3n) is 4.26. The number of likely N-dealkylation sites (N-methyl/N-ethyl adjacent to an activating group) is 1. The van der Waals surface area contributed by atoms with Crippen LogP contribution in [0.2, 0.25) is 0 Å². The van der Waals surface area contributed by atoms with E-state index in [1.807, 2.05) is 36.2 Å². The minimum atomic E-state index is -0.289. The van der Waals surface area contributed by atoms with Gasteiger partial charge in [0.05, 0.1) is 7.11 Å². The highest BCUT2D eigenvalue weighted by molar-refractivity contribution is 6.03. The van der Waals surface area contributed by atoms with Crippen LogP contribution in [0.5, 0.6) is 5.75 Å². The number of anilines is 2. The zero-order chi connectivity index (χ0) is 19.9. The number of methoxy groups -OCH3 is 1. The van der Waals surface area contributed by atoms with E-state index >= 15 is 0 Å². The maximum absolute atomic E-state index is 12.7. The minimum absolute atomic E-state index is 0.289. The number of ether oxygens (including phenoxy) is 1. The van der Waals surface area contributed by atoms with Gasteiger partial charge in [-0.25, -0.2) is 9.97 Å². The van der Waals surface area contributed by atoms with Gasteiger partial charge >= 0.3 is 0 Å². The van der Waals surface area contributed by atoms with Crippen molar-refractivity contribution in [1.29, 1.82) is 0 Å². The van der Waals surface area contributed by atoms with Gasteiger partial charge in [-0.3, -0.25) is 9.78 Å². The molecule has 0 bridgehead atoms. The molecule has 0 aliphatic heterocycles. The van der Waals surface area contributed by atoms with Crippen LogP contribution in [0.3, 0.4) is 0 Å². The molecule has 7 nitrogen and oxygen atoms in total. The lowest BCUT2D eigenvalue weighted by Crippen LogP contribution is -2.23. The summed E-state index contributed by atoms with van der Waals surface area (Å²) in [5.74, 6) is 1.64. The summed E-state index contributed by atoms with van der Waals surface area (Å²) in [4.78, 5) is 27.4. The van der Waals surface area contributed by atoms with E-state index in [-0.39, 0.29) is 5.91 Å². The van der Waals surface area contributed by atoms with Gasteiger partial charge in [-0.1, -0.05) is 6.07 Å². The highest BCUT2D eigenvalue weighted by Crippen LogP contribution is 2.18. The summed E-state index contributed by atoms with van der Waals surface area (Å²) in [5.41, 5.74) is 2.16. The van der Waals surface area contributed by atoms with Crippen LogP contribution in [-0.4, -0.2) is 41.6 Å². The summed E-state index contributed by atoms with van der Waals surface area (Å²) in [6.45, 7) is 2.54. The van der Waals surface area contributed by atoms with E-state index in [2.05, 4.69) is 20.3 Å². The van der Waals surface area contributed by atoms with Crippen molar-refractivity contribution in [3.8, 4) is 5.75 Å². The Kier molecular flexibility index (Phi) is 6.16. The number of hydrogen-bond acceptors (Lipinski definition) is 6. The van der Waals surface area contributed by atoms with Crippen LogP contribution in [0.25, 0.3) is 0 Å². The minimum Gasteiger partial charge on any atom is -0.497 e. The van der Waals surface area contributed by atoms with Crippen molar-refractivity contribution in [3.63, 3.8) is 0 Å². The van der Waals surface area contributed by atoms with Gasteiger partial charge in [0.2, 0.25) is 0 Å². The molecule has 3 rings (SSSR count). The van der Waals surface area contributed by atoms with Crippen LogP contribution >= 0.6 is 0 Å². The molecular weight excluding hydrogens is 354 g/mol. The summed E-state index contributed by atoms with van der Waals surface area (Å²) in [7, 11) is 3.54. The molecule has 7 heteroatoms. The topological polar surface area (TPSA) is 80.2 Å². The number of pyridine rings is 1. The third-order valence-corrected chi connectivity index (χ3v) is 4.26. The largest absolute Gasteiger partial charge is 0.497 e. The molecule has 3 aromatic rings. The fraction of sp³-hybridized carbons (Fsp3) is 0.238. The molecular formula is C21H23N5O2. The van der Waals surface area contributed by atoms with Crippen molar-refractivity contribution in [2.75, 3.05) is 30.9 Å². The predicted octanol–water partition coefficient (Wildman–Crippen LogP) is 3.12. The molecule has 1 aromatic carbocycles. The lowest BCUT2D eigenvalue weighted by atomic mass is 10.2. The number of aryl methyl sites for hydroxylation is 1. The van der Waals surface area contributed by atoms with E-state index in [1.165, 1.54) is 5.56 Å². The zero-order valence-electron chi connectivity index (χ0n) is 16.2. The molecule has 144 valence electrons. The third kappa shape index (κ3) is 5.03. The Morgan fingerprint density at radius 1 is 1.14 bits per heavy atom. The standard InChI is InChI=1S/C21H23N5O2/c1-15-23-19(21(27)25-17-5-4-6-18(13-17)28-3)14-20(24-15)26(2)12-9-16-7-10-22-11-8-16/h4-8,10-11,13-14H,9,12H2,1-3H3,(H,25,27). The molecule has 0 atom stereocenters. The van der Waals surface area contributed by atoms with Crippen molar-refractivity contribution in [2.24, 2.45) is 0 Å². The summed E-state index contributed by atoms with van der Waals surface area (Å²) in [5, 5.41) is 2.85. The Hall–Kier alpha value is -3.48. The SMILES string of the molecule is COc1cccc(NC(=O)c2cc(N(C)CCc3ccncc3)nc(C)n2)c1. The van der Waals surface area contributed by atoms with Gasteiger partial charge in [0.15, 0.2) is 0 Å². The Labute approximate surface area is 164 Å². The van der Waals surface area contributed by atoms with Crippen LogP contribution in [0.1, 0.15) is 21.9 Å². The number of amides is 1. The summed E-state index contributed by atoms with van der Waals surface area (Å²) in [6, 6.07) is 12.9. The maximum Gasteiger partial charge on any atom is 0.274 e. The molecule has 0 radical (unpaired) electrons. The van der Waals surface area contributed by atoms with Crippen molar-refractivity contribution < 1.29 is 9.53 Å². The average molecular weight is 377 g/mol. The molecule has 1 N–H and O–H groups in total. The highest BCUT2D eigenvalue weighted by Gasteiger charge is 2.13. The second kappa shape index (κ2) is 8.94. The van der Waals surface area contributed by atoms with E-state index < -0.39 is 0 Å². The average Bonchev–Trinajstić information content (AvgIpc) is 2.72. The molecule has 0 saturated heterocycles. The van der Waals surface area contributed by atoms with Crippen LogP contribution in [0.15, 0.2) is 54.9 Å². The van der Waals surface area contributed by atoms with Gasteiger partial charge in [0, 0.05) is 43.8 Å². The van der Waals surface area contributed by atoms with E-state index in [4.69, 9.17) is 4.74 Å². The van der Waals surface area contributed by atoms with Gasteiger partial charge in [0.1, 0.15) is 23.1 Å². The molecule has 0 unspecified atom stereocenters.